The van der Waals surface area contributed by atoms with E-state index in [1.54, 1.807) is 0 Å². The van der Waals surface area contributed by atoms with Crippen LogP contribution in [0.2, 0.25) is 0 Å². The predicted molar refractivity (Wildman–Crippen MR) is 386 cm³/mol. The molecule has 15 rings (SSSR count). The summed E-state index contributed by atoms with van der Waals surface area (Å²) >= 11 is 0. The van der Waals surface area contributed by atoms with E-state index in [1.807, 2.05) is 6.07 Å². The normalized spacial score (nSPS) is 11.0. The highest BCUT2D eigenvalue weighted by Gasteiger charge is 2.19. The Morgan fingerprint density at radius 1 is 0.167 bits per heavy atom. The van der Waals surface area contributed by atoms with Crippen LogP contribution in [0.5, 0.6) is 0 Å². The van der Waals surface area contributed by atoms with Crippen molar-refractivity contribution < 1.29 is 0 Å². The molecule has 0 amide bonds. The van der Waals surface area contributed by atoms with Crippen molar-refractivity contribution in [2.24, 2.45) is 0 Å². The molecule has 15 aromatic carbocycles. The summed E-state index contributed by atoms with van der Waals surface area (Å²) in [4.78, 5) is 9.22. The number of nitrogens with zero attached hydrogens (tertiary/aromatic N) is 4. The number of anilines is 10. The van der Waals surface area contributed by atoms with Crippen molar-refractivity contribution >= 4 is 89.2 Å². The molecule has 0 aliphatic carbocycles. The molecular formula is C86H66N4. The molecule has 0 aliphatic rings. The fourth-order valence-electron chi connectivity index (χ4n) is 12.4. The summed E-state index contributed by atoms with van der Waals surface area (Å²) < 4.78 is 0. The van der Waals surface area contributed by atoms with Crippen molar-refractivity contribution in [3.8, 4) is 44.5 Å². The summed E-state index contributed by atoms with van der Waals surface area (Å²) in [5, 5.41) is 7.38. The molecule has 4 heteroatoms. The Labute approximate surface area is 528 Å². The van der Waals surface area contributed by atoms with Crippen LogP contribution in [0.15, 0.2) is 364 Å². The van der Waals surface area contributed by atoms with Gasteiger partial charge in [0.1, 0.15) is 0 Å². The maximum atomic E-state index is 2.38. The van der Waals surface area contributed by atoms with Gasteiger partial charge in [0.05, 0.1) is 11.4 Å². The van der Waals surface area contributed by atoms with Crippen LogP contribution in [-0.2, 0) is 0 Å². The Kier molecular flexibility index (Phi) is 16.0. The molecule has 4 nitrogen and oxygen atoms in total. The van der Waals surface area contributed by atoms with Crippen molar-refractivity contribution in [3.05, 3.63) is 364 Å². The second-order valence-electron chi connectivity index (χ2n) is 22.6. The van der Waals surface area contributed by atoms with Crippen LogP contribution in [0.3, 0.4) is 0 Å². The molecule has 0 heterocycles. The van der Waals surface area contributed by atoms with Crippen LogP contribution in [0, 0.1) is 0 Å². The molecule has 0 saturated carbocycles. The van der Waals surface area contributed by atoms with E-state index in [4.69, 9.17) is 0 Å². The van der Waals surface area contributed by atoms with E-state index in [0.717, 1.165) is 45.5 Å². The summed E-state index contributed by atoms with van der Waals surface area (Å²) in [7, 11) is 4.24. The lowest BCUT2D eigenvalue weighted by Crippen LogP contribution is -2.10. The van der Waals surface area contributed by atoms with E-state index in [0.29, 0.717) is 0 Å². The van der Waals surface area contributed by atoms with Gasteiger partial charge >= 0.3 is 0 Å². The maximum absolute atomic E-state index is 2.38. The number of fused-ring (bicyclic) bond motifs is 3. The summed E-state index contributed by atoms with van der Waals surface area (Å²) in [6, 6.07) is 130. The topological polar surface area (TPSA) is 13.0 Å². The van der Waals surface area contributed by atoms with Gasteiger partial charge in [-0.15, -0.1) is 0 Å². The SMILES string of the molecule is CN(c1ccc(-c2ccc(N(c3cccc(-c4ccccc4)c3)c3cccc4ccccc34)cc2)cc1)c1cccc2ccccc12.CN(c1ccccc1)c1ccc(-c2ccc(N(c3cccc(-c4ccccc4)c3)c3cccc4ccccc34)cc2)cc1. The lowest BCUT2D eigenvalue weighted by Gasteiger charge is -2.27. The quantitative estimate of drug-likeness (QED) is 0.108. The Morgan fingerprint density at radius 2 is 0.422 bits per heavy atom. The Balaban J connectivity index is 0.000000158. The lowest BCUT2D eigenvalue weighted by atomic mass is 10.0. The predicted octanol–water partition coefficient (Wildman–Crippen LogP) is 24.0. The number of hydrogen-bond donors (Lipinski definition) is 0. The van der Waals surface area contributed by atoms with E-state index < -0.39 is 0 Å². The highest BCUT2D eigenvalue weighted by atomic mass is 15.2. The second-order valence-corrected chi connectivity index (χ2v) is 22.6. The molecule has 0 spiro atoms. The average Bonchev–Trinajstić information content (AvgIpc) is 1.09. The zero-order valence-electron chi connectivity index (χ0n) is 50.4. The van der Waals surface area contributed by atoms with Crippen LogP contribution in [0.25, 0.3) is 76.8 Å². The Morgan fingerprint density at radius 3 is 0.822 bits per heavy atom. The highest BCUT2D eigenvalue weighted by molar-refractivity contribution is 6.01. The standard InChI is InChI=1S/C45H34N2.C41H32N2/c1-46(44-22-10-16-36-14-5-7-20-42(36)44)39-28-24-34(25-29-39)35-26-30-40(31-27-35)47(45-23-11-17-37-15-6-8-21-43(37)45)41-19-9-18-38(32-41)33-12-3-2-4-13-33;1-42(36-17-6-3-7-18-36)37-26-22-32(23-27-37)33-24-28-38(29-25-33)43(41-21-11-15-34-14-8-9-20-40(34)41)39-19-10-16-35(30-39)31-12-4-2-5-13-31/h2-32H,1H3;2-30H,1H3. The molecule has 0 radical (unpaired) electrons. The number of para-hydroxylation sites is 1. The van der Waals surface area contributed by atoms with Gasteiger partial charge < -0.3 is 19.6 Å². The van der Waals surface area contributed by atoms with Gasteiger partial charge in [0.25, 0.3) is 0 Å². The molecule has 0 unspecified atom stereocenters. The minimum atomic E-state index is 1.11. The molecule has 90 heavy (non-hydrogen) atoms. The lowest BCUT2D eigenvalue weighted by molar-refractivity contribution is 1.21. The summed E-state index contributed by atoms with van der Waals surface area (Å²) in [6.07, 6.45) is 0. The van der Waals surface area contributed by atoms with Gasteiger partial charge in [-0.2, -0.15) is 0 Å². The molecule has 0 bridgehead atoms. The van der Waals surface area contributed by atoms with Crippen LogP contribution in [-0.4, -0.2) is 14.1 Å². The Hall–Kier alpha value is -11.7. The van der Waals surface area contributed by atoms with Gasteiger partial charge in [-0.05, 0) is 164 Å². The minimum absolute atomic E-state index is 1.11. The molecule has 0 saturated heterocycles. The molecule has 430 valence electrons. The van der Waals surface area contributed by atoms with Gasteiger partial charge in [-0.3, -0.25) is 0 Å². The zero-order valence-corrected chi connectivity index (χ0v) is 50.4. The van der Waals surface area contributed by atoms with E-state index in [9.17, 15) is 0 Å². The van der Waals surface area contributed by atoms with E-state index >= 15 is 0 Å². The first-order chi connectivity index (χ1) is 44.5. The first-order valence-electron chi connectivity index (χ1n) is 30.8. The molecule has 0 aromatic heterocycles. The van der Waals surface area contributed by atoms with Gasteiger partial charge in [0.15, 0.2) is 0 Å². The first kappa shape index (κ1) is 56.1. The second kappa shape index (κ2) is 25.7. The molecule has 0 aliphatic heterocycles. The summed E-state index contributed by atoms with van der Waals surface area (Å²) in [5.41, 5.74) is 21.0. The van der Waals surface area contributed by atoms with Crippen molar-refractivity contribution in [1.29, 1.82) is 0 Å². The van der Waals surface area contributed by atoms with Crippen molar-refractivity contribution in [3.63, 3.8) is 0 Å². The largest absolute Gasteiger partial charge is 0.345 e. The van der Waals surface area contributed by atoms with Crippen molar-refractivity contribution in [2.45, 2.75) is 0 Å². The first-order valence-corrected chi connectivity index (χ1v) is 30.8. The summed E-state index contributed by atoms with van der Waals surface area (Å²) in [6.45, 7) is 0. The molecule has 15 aromatic rings. The third-order valence-corrected chi connectivity index (χ3v) is 17.1. The molecule has 0 N–H and O–H groups in total. The smallest absolute Gasteiger partial charge is 0.0540 e. The van der Waals surface area contributed by atoms with Gasteiger partial charge in [0, 0.05) is 75.8 Å². The van der Waals surface area contributed by atoms with Crippen LogP contribution in [0.1, 0.15) is 0 Å². The minimum Gasteiger partial charge on any atom is -0.345 e. The van der Waals surface area contributed by atoms with Crippen LogP contribution >= 0.6 is 0 Å². The molecule has 0 atom stereocenters. The maximum Gasteiger partial charge on any atom is 0.0540 e. The average molecular weight is 1160 g/mol. The number of hydrogen-bond acceptors (Lipinski definition) is 4. The zero-order chi connectivity index (χ0) is 60.6. The van der Waals surface area contributed by atoms with Crippen molar-refractivity contribution in [1.82, 2.24) is 0 Å². The van der Waals surface area contributed by atoms with E-state index in [-0.39, 0.29) is 0 Å². The van der Waals surface area contributed by atoms with Gasteiger partial charge in [-0.1, -0.05) is 261 Å². The Bertz CT molecular complexity index is 4880. The van der Waals surface area contributed by atoms with Gasteiger partial charge in [0.2, 0.25) is 0 Å². The van der Waals surface area contributed by atoms with E-state index in [2.05, 4.69) is 392 Å². The van der Waals surface area contributed by atoms with Gasteiger partial charge in [-0.25, -0.2) is 0 Å². The van der Waals surface area contributed by atoms with Crippen LogP contribution in [0.4, 0.5) is 56.9 Å². The van der Waals surface area contributed by atoms with Crippen LogP contribution < -0.4 is 19.6 Å². The third-order valence-electron chi connectivity index (χ3n) is 17.1. The third kappa shape index (κ3) is 11.8. The fourth-order valence-corrected chi connectivity index (χ4v) is 12.4. The fraction of sp³-hybridized carbons (Fsp3) is 0.0233. The number of benzene rings is 15. The monoisotopic (exact) mass is 1150 g/mol. The van der Waals surface area contributed by atoms with E-state index in [1.165, 1.54) is 88.2 Å². The summed E-state index contributed by atoms with van der Waals surface area (Å²) in [5.74, 6) is 0. The number of rotatable bonds is 14. The highest BCUT2D eigenvalue weighted by Crippen LogP contribution is 2.44. The molecular weight excluding hydrogens is 1090 g/mol. The van der Waals surface area contributed by atoms with Crippen molar-refractivity contribution in [2.75, 3.05) is 33.7 Å². The molecule has 0 fully saturated rings.